The summed E-state index contributed by atoms with van der Waals surface area (Å²) in [7, 11) is 0. The van der Waals surface area contributed by atoms with E-state index in [0.717, 1.165) is 11.8 Å². The zero-order valence-corrected chi connectivity index (χ0v) is 12.1. The van der Waals surface area contributed by atoms with Gasteiger partial charge in [0.15, 0.2) is 0 Å². The molecule has 2 amide bonds. The number of phenolic OH excluding ortho intramolecular Hbond substituents is 1. The highest BCUT2D eigenvalue weighted by Crippen LogP contribution is 2.34. The fourth-order valence-corrected chi connectivity index (χ4v) is 2.62. The topological polar surface area (TPSA) is 123 Å². The van der Waals surface area contributed by atoms with Crippen LogP contribution in [0.2, 0.25) is 0 Å². The Bertz CT molecular complexity index is 870. The van der Waals surface area contributed by atoms with E-state index in [1.54, 1.807) is 0 Å². The van der Waals surface area contributed by atoms with Gasteiger partial charge in [0.25, 0.3) is 16.8 Å². The van der Waals surface area contributed by atoms with Crippen molar-refractivity contribution in [3.8, 4) is 17.1 Å². The zero-order valence-electron chi connectivity index (χ0n) is 11.3. The maximum absolute atomic E-state index is 11.5. The van der Waals surface area contributed by atoms with E-state index in [2.05, 4.69) is 5.32 Å². The average molecular weight is 332 g/mol. The number of non-ortho nitro benzene ring substituents is 1. The second kappa shape index (κ2) is 5.61. The van der Waals surface area contributed by atoms with Crippen molar-refractivity contribution in [2.24, 2.45) is 0 Å². The summed E-state index contributed by atoms with van der Waals surface area (Å²) in [5, 5.41) is 22.3. The highest BCUT2D eigenvalue weighted by atomic mass is 32.2. The van der Waals surface area contributed by atoms with Gasteiger partial charge in [-0.15, -0.1) is 0 Å². The lowest BCUT2D eigenvalue weighted by molar-refractivity contribution is -0.384. The van der Waals surface area contributed by atoms with Crippen LogP contribution in [0.5, 0.6) is 5.75 Å². The van der Waals surface area contributed by atoms with Gasteiger partial charge in [-0.3, -0.25) is 25.0 Å². The number of rotatable bonds is 3. The van der Waals surface area contributed by atoms with Crippen molar-refractivity contribution in [1.29, 1.82) is 0 Å². The Morgan fingerprint density at radius 1 is 1.26 bits per heavy atom. The third-order valence-corrected chi connectivity index (χ3v) is 3.81. The van der Waals surface area contributed by atoms with Crippen LogP contribution >= 0.6 is 11.8 Å². The number of furan rings is 1. The van der Waals surface area contributed by atoms with Crippen LogP contribution in [0.1, 0.15) is 5.76 Å². The molecule has 0 aliphatic carbocycles. The van der Waals surface area contributed by atoms with Crippen molar-refractivity contribution in [2.75, 3.05) is 0 Å². The Morgan fingerprint density at radius 3 is 2.70 bits per heavy atom. The number of phenols is 1. The molecule has 0 spiro atoms. The Balaban J connectivity index is 1.95. The predicted octanol–water partition coefficient (Wildman–Crippen LogP) is 2.88. The van der Waals surface area contributed by atoms with Crippen molar-refractivity contribution in [2.45, 2.75) is 0 Å². The van der Waals surface area contributed by atoms with Gasteiger partial charge in [-0.2, -0.15) is 0 Å². The van der Waals surface area contributed by atoms with Gasteiger partial charge in [-0.25, -0.2) is 0 Å². The first-order valence-corrected chi connectivity index (χ1v) is 7.08. The van der Waals surface area contributed by atoms with Gasteiger partial charge >= 0.3 is 0 Å². The highest BCUT2D eigenvalue weighted by Gasteiger charge is 2.25. The zero-order chi connectivity index (χ0) is 16.6. The number of thioether (sulfide) groups is 1. The molecule has 1 fully saturated rings. The average Bonchev–Trinajstić information content (AvgIpc) is 3.06. The van der Waals surface area contributed by atoms with Crippen molar-refractivity contribution in [3.05, 3.63) is 51.1 Å². The summed E-state index contributed by atoms with van der Waals surface area (Å²) in [4.78, 5) is 33.0. The van der Waals surface area contributed by atoms with E-state index in [4.69, 9.17) is 4.42 Å². The Hall–Kier alpha value is -3.07. The second-order valence-electron chi connectivity index (χ2n) is 4.51. The van der Waals surface area contributed by atoms with E-state index in [-0.39, 0.29) is 33.4 Å². The third-order valence-electron chi connectivity index (χ3n) is 3.00. The molecule has 1 aromatic carbocycles. The van der Waals surface area contributed by atoms with Crippen LogP contribution < -0.4 is 5.32 Å². The maximum atomic E-state index is 11.5. The van der Waals surface area contributed by atoms with Crippen LogP contribution in [-0.2, 0) is 4.79 Å². The number of nitrogens with zero attached hydrogens (tertiary/aromatic N) is 1. The summed E-state index contributed by atoms with van der Waals surface area (Å²) >= 11 is 0.746. The fourth-order valence-electron chi connectivity index (χ4n) is 1.96. The van der Waals surface area contributed by atoms with Gasteiger partial charge in [0.2, 0.25) is 0 Å². The van der Waals surface area contributed by atoms with Crippen LogP contribution in [0.15, 0.2) is 39.7 Å². The van der Waals surface area contributed by atoms with Crippen LogP contribution in [0.3, 0.4) is 0 Å². The van der Waals surface area contributed by atoms with E-state index in [0.29, 0.717) is 0 Å². The van der Waals surface area contributed by atoms with Crippen LogP contribution in [0.25, 0.3) is 17.4 Å². The molecule has 0 bridgehead atoms. The number of nitro benzene ring substituents is 1. The minimum atomic E-state index is -0.583. The SMILES string of the molecule is O=C1NC(=O)/C(=C/c2ccc(-c3cc([N+](=O)[O-])ccc3O)o2)S1. The largest absolute Gasteiger partial charge is 0.507 e. The molecule has 23 heavy (non-hydrogen) atoms. The van der Waals surface area contributed by atoms with Gasteiger partial charge in [0.1, 0.15) is 17.3 Å². The quantitative estimate of drug-likeness (QED) is 0.503. The molecule has 9 heteroatoms. The molecule has 1 saturated heterocycles. The van der Waals surface area contributed by atoms with Gasteiger partial charge in [0, 0.05) is 18.2 Å². The number of hydrogen-bond donors (Lipinski definition) is 2. The standard InChI is InChI=1S/C14H8N2O6S/c17-10-3-1-7(16(20)21)5-9(10)11-4-2-8(22-11)6-12-13(18)15-14(19)23-12/h1-6,17H,(H,15,18,19)/b12-6-. The van der Waals surface area contributed by atoms with Crippen LogP contribution in [0.4, 0.5) is 10.5 Å². The molecule has 0 radical (unpaired) electrons. The van der Waals surface area contributed by atoms with Crippen LogP contribution in [-0.4, -0.2) is 21.2 Å². The monoisotopic (exact) mass is 332 g/mol. The van der Waals surface area contributed by atoms with Crippen molar-refractivity contribution >= 4 is 34.7 Å². The fraction of sp³-hybridized carbons (Fsp3) is 0. The van der Waals surface area contributed by atoms with Crippen molar-refractivity contribution in [3.63, 3.8) is 0 Å². The summed E-state index contributed by atoms with van der Waals surface area (Å²) in [5.74, 6) is -0.213. The van der Waals surface area contributed by atoms with E-state index in [1.807, 2.05) is 0 Å². The number of aromatic hydroxyl groups is 1. The number of nitrogens with one attached hydrogen (secondary N) is 1. The van der Waals surface area contributed by atoms with Crippen molar-refractivity contribution < 1.29 is 24.0 Å². The third kappa shape index (κ3) is 2.94. The molecule has 0 atom stereocenters. The van der Waals surface area contributed by atoms with Gasteiger partial charge in [-0.1, -0.05) is 0 Å². The lowest BCUT2D eigenvalue weighted by atomic mass is 10.1. The lowest BCUT2D eigenvalue weighted by Crippen LogP contribution is -2.17. The van der Waals surface area contributed by atoms with Crippen molar-refractivity contribution in [1.82, 2.24) is 5.32 Å². The van der Waals surface area contributed by atoms with E-state index in [9.17, 15) is 24.8 Å². The molecule has 1 aliphatic heterocycles. The van der Waals surface area contributed by atoms with E-state index < -0.39 is 16.1 Å². The van der Waals surface area contributed by atoms with E-state index >= 15 is 0 Å². The lowest BCUT2D eigenvalue weighted by Gasteiger charge is -2.01. The molecule has 0 unspecified atom stereocenters. The predicted molar refractivity (Wildman–Crippen MR) is 81.6 cm³/mol. The number of imide groups is 1. The molecule has 1 aliphatic rings. The molecule has 0 saturated carbocycles. The minimum Gasteiger partial charge on any atom is -0.507 e. The molecule has 116 valence electrons. The van der Waals surface area contributed by atoms with E-state index in [1.165, 1.54) is 36.4 Å². The summed E-state index contributed by atoms with van der Waals surface area (Å²) in [6, 6.07) is 6.59. The molecule has 1 aromatic heterocycles. The first-order chi connectivity index (χ1) is 10.9. The number of amides is 2. The van der Waals surface area contributed by atoms with Gasteiger partial charge in [0.05, 0.1) is 15.4 Å². The molecule has 2 N–H and O–H groups in total. The summed E-state index contributed by atoms with van der Waals surface area (Å²) in [6.45, 7) is 0. The summed E-state index contributed by atoms with van der Waals surface area (Å²) < 4.78 is 5.47. The molecule has 8 nitrogen and oxygen atoms in total. The molecule has 3 rings (SSSR count). The molecule has 2 aromatic rings. The summed E-state index contributed by atoms with van der Waals surface area (Å²) in [6.07, 6.45) is 1.38. The van der Waals surface area contributed by atoms with Crippen LogP contribution in [0, 0.1) is 10.1 Å². The van der Waals surface area contributed by atoms with Gasteiger partial charge < -0.3 is 9.52 Å². The molecular weight excluding hydrogens is 324 g/mol. The Kier molecular flexibility index (Phi) is 3.62. The van der Waals surface area contributed by atoms with Gasteiger partial charge in [-0.05, 0) is 30.0 Å². The number of nitro groups is 1. The smallest absolute Gasteiger partial charge is 0.290 e. The second-order valence-corrected chi connectivity index (χ2v) is 5.53. The number of hydrogen-bond acceptors (Lipinski definition) is 7. The normalized spacial score (nSPS) is 15.9. The number of carbonyl (C=O) groups is 2. The Labute approximate surface area is 132 Å². The summed E-state index contributed by atoms with van der Waals surface area (Å²) in [5.41, 5.74) is -0.0334. The molecule has 2 heterocycles. The minimum absolute atomic E-state index is 0.156. The first-order valence-electron chi connectivity index (χ1n) is 6.26. The number of carbonyl (C=O) groups excluding carboxylic acids is 2. The maximum Gasteiger partial charge on any atom is 0.290 e. The Morgan fingerprint density at radius 2 is 2.04 bits per heavy atom. The first kappa shape index (κ1) is 14.9. The number of benzene rings is 1. The molecular formula is C14H8N2O6S. The highest BCUT2D eigenvalue weighted by molar-refractivity contribution is 8.18.